The van der Waals surface area contributed by atoms with Crippen LogP contribution in [-0.4, -0.2) is 10.9 Å². The Kier molecular flexibility index (Phi) is 3.01. The molecule has 0 saturated carbocycles. The highest BCUT2D eigenvalue weighted by Gasteiger charge is 2.22. The van der Waals surface area contributed by atoms with Crippen molar-refractivity contribution in [2.24, 2.45) is 10.2 Å². The van der Waals surface area contributed by atoms with E-state index in [0.29, 0.717) is 23.6 Å². The third-order valence-electron chi connectivity index (χ3n) is 2.24. The molecule has 16 heavy (non-hydrogen) atoms. The maximum absolute atomic E-state index is 11.3. The van der Waals surface area contributed by atoms with Crippen molar-refractivity contribution in [2.75, 3.05) is 0 Å². The molecule has 1 aliphatic carbocycles. The number of aliphatic hydroxyl groups is 1. The first-order chi connectivity index (χ1) is 7.68. The number of ketones is 1. The summed E-state index contributed by atoms with van der Waals surface area (Å²) in [5, 5.41) is 17.4. The molecule has 1 aliphatic rings. The van der Waals surface area contributed by atoms with E-state index in [1.54, 1.807) is 24.3 Å². The molecular weight excluding hydrogens is 228 g/mol. The summed E-state index contributed by atoms with van der Waals surface area (Å²) in [5.74, 6) is -0.186. The van der Waals surface area contributed by atoms with Crippen LogP contribution in [0.5, 0.6) is 0 Å². The molecule has 4 nitrogen and oxygen atoms in total. The number of aliphatic hydroxyl groups excluding tert-OH is 1. The van der Waals surface area contributed by atoms with Gasteiger partial charge in [-0.15, -0.1) is 10.2 Å². The van der Waals surface area contributed by atoms with E-state index in [1.165, 1.54) is 0 Å². The summed E-state index contributed by atoms with van der Waals surface area (Å²) in [6.45, 7) is 0. The molecule has 0 saturated heterocycles. The smallest absolute Gasteiger partial charge is 0.186 e. The van der Waals surface area contributed by atoms with Crippen molar-refractivity contribution < 1.29 is 9.90 Å². The zero-order valence-corrected chi connectivity index (χ0v) is 9.11. The normalized spacial score (nSPS) is 16.4. The fraction of sp³-hybridized carbons (Fsp3) is 0.182. The number of hydrogen-bond donors (Lipinski definition) is 1. The van der Waals surface area contributed by atoms with E-state index in [2.05, 4.69) is 10.2 Å². The van der Waals surface area contributed by atoms with Gasteiger partial charge in [-0.05, 0) is 12.1 Å². The molecule has 0 amide bonds. The average Bonchev–Trinajstić information content (AvgIpc) is 2.58. The van der Waals surface area contributed by atoms with Crippen molar-refractivity contribution in [3.05, 3.63) is 40.7 Å². The predicted octanol–water partition coefficient (Wildman–Crippen LogP) is 3.56. The second-order valence-electron chi connectivity index (χ2n) is 3.37. The van der Waals surface area contributed by atoms with Crippen molar-refractivity contribution in [3.63, 3.8) is 0 Å². The second kappa shape index (κ2) is 4.45. The van der Waals surface area contributed by atoms with Gasteiger partial charge in [0.25, 0.3) is 0 Å². The van der Waals surface area contributed by atoms with Crippen LogP contribution in [0.25, 0.3) is 0 Å². The van der Waals surface area contributed by atoms with Gasteiger partial charge in [-0.2, -0.15) is 0 Å². The zero-order valence-electron chi connectivity index (χ0n) is 8.35. The molecule has 0 spiro atoms. The summed E-state index contributed by atoms with van der Waals surface area (Å²) >= 11 is 5.87. The highest BCUT2D eigenvalue weighted by atomic mass is 35.5. The summed E-state index contributed by atoms with van der Waals surface area (Å²) < 4.78 is 0. The average molecular weight is 237 g/mol. The summed E-state index contributed by atoms with van der Waals surface area (Å²) in [6.07, 6.45) is 0.637. The molecule has 2 rings (SSSR count). The summed E-state index contributed by atoms with van der Waals surface area (Å²) in [5.41, 5.74) is 0.518. The van der Waals surface area contributed by atoms with Crippen molar-refractivity contribution in [1.29, 1.82) is 0 Å². The number of Topliss-reactive ketones (excluding diaryl/α,β-unsaturated/α-hetero) is 1. The molecule has 5 heteroatoms. The van der Waals surface area contributed by atoms with Gasteiger partial charge in [0.1, 0.15) is 11.4 Å². The number of carbonyl (C=O) groups excluding carboxylic acids is 1. The summed E-state index contributed by atoms with van der Waals surface area (Å²) in [4.78, 5) is 11.3. The van der Waals surface area contributed by atoms with E-state index in [1.807, 2.05) is 0 Å². The number of benzene rings is 1. The predicted molar refractivity (Wildman–Crippen MR) is 59.9 cm³/mol. The first-order valence-electron chi connectivity index (χ1n) is 4.80. The highest BCUT2D eigenvalue weighted by molar-refractivity contribution is 6.32. The topological polar surface area (TPSA) is 62.0 Å². The highest BCUT2D eigenvalue weighted by Crippen LogP contribution is 2.27. The van der Waals surface area contributed by atoms with E-state index < -0.39 is 0 Å². The standard InChI is InChI=1S/C11H9ClN2O2/c12-7-3-1-2-4-8(7)13-14-11-9(15)5-6-10(11)16/h1-4,15H,5-6H2. The molecule has 0 aliphatic heterocycles. The van der Waals surface area contributed by atoms with Crippen LogP contribution >= 0.6 is 11.6 Å². The SMILES string of the molecule is O=C1CCC(O)=C1N=Nc1ccccc1Cl. The van der Waals surface area contributed by atoms with E-state index in [-0.39, 0.29) is 17.2 Å². The zero-order chi connectivity index (χ0) is 11.5. The molecule has 0 bridgehead atoms. The van der Waals surface area contributed by atoms with Crippen molar-refractivity contribution >= 4 is 23.1 Å². The molecule has 0 unspecified atom stereocenters. The van der Waals surface area contributed by atoms with Gasteiger partial charge in [0, 0.05) is 12.8 Å². The minimum Gasteiger partial charge on any atom is -0.510 e. The minimum atomic E-state index is -0.187. The van der Waals surface area contributed by atoms with Gasteiger partial charge in [-0.1, -0.05) is 23.7 Å². The number of carbonyl (C=O) groups is 1. The number of rotatable bonds is 2. The first kappa shape index (κ1) is 10.8. The lowest BCUT2D eigenvalue weighted by Gasteiger charge is -1.95. The molecule has 0 aromatic heterocycles. The monoisotopic (exact) mass is 236 g/mol. The fourth-order valence-electron chi connectivity index (χ4n) is 1.38. The van der Waals surface area contributed by atoms with Crippen molar-refractivity contribution in [3.8, 4) is 0 Å². The molecule has 1 aromatic rings. The Hall–Kier alpha value is -1.68. The summed E-state index contributed by atoms with van der Waals surface area (Å²) in [7, 11) is 0. The largest absolute Gasteiger partial charge is 0.510 e. The minimum absolute atomic E-state index is 0.000744. The Bertz CT molecular complexity index is 495. The quantitative estimate of drug-likeness (QED) is 0.798. The van der Waals surface area contributed by atoms with Gasteiger partial charge in [-0.3, -0.25) is 4.79 Å². The van der Waals surface area contributed by atoms with E-state index in [9.17, 15) is 9.90 Å². The lowest BCUT2D eigenvalue weighted by molar-refractivity contribution is -0.114. The number of azo groups is 1. The van der Waals surface area contributed by atoms with E-state index in [0.717, 1.165) is 0 Å². The molecule has 0 atom stereocenters. The third-order valence-corrected chi connectivity index (χ3v) is 2.56. The van der Waals surface area contributed by atoms with Crippen LogP contribution in [0.15, 0.2) is 46.0 Å². The molecule has 1 aromatic carbocycles. The van der Waals surface area contributed by atoms with Crippen LogP contribution in [0.2, 0.25) is 5.02 Å². The van der Waals surface area contributed by atoms with E-state index >= 15 is 0 Å². The van der Waals surface area contributed by atoms with Crippen LogP contribution in [0.3, 0.4) is 0 Å². The van der Waals surface area contributed by atoms with Crippen LogP contribution in [0, 0.1) is 0 Å². The number of hydrogen-bond acceptors (Lipinski definition) is 4. The van der Waals surface area contributed by atoms with Crippen LogP contribution in [-0.2, 0) is 4.79 Å². The fourth-order valence-corrected chi connectivity index (χ4v) is 1.55. The maximum atomic E-state index is 11.3. The van der Waals surface area contributed by atoms with Gasteiger partial charge in [0.15, 0.2) is 11.5 Å². The van der Waals surface area contributed by atoms with Crippen LogP contribution < -0.4 is 0 Å². The summed E-state index contributed by atoms with van der Waals surface area (Å²) in [6, 6.07) is 6.91. The molecule has 82 valence electrons. The maximum Gasteiger partial charge on any atom is 0.186 e. The number of halogens is 1. The van der Waals surface area contributed by atoms with Crippen LogP contribution in [0.4, 0.5) is 5.69 Å². The molecule has 0 fully saturated rings. The van der Waals surface area contributed by atoms with Gasteiger partial charge in [0.2, 0.25) is 0 Å². The van der Waals surface area contributed by atoms with E-state index in [4.69, 9.17) is 11.6 Å². The Balaban J connectivity index is 2.25. The molecular formula is C11H9ClN2O2. The molecule has 0 radical (unpaired) electrons. The van der Waals surface area contributed by atoms with Gasteiger partial charge < -0.3 is 5.11 Å². The lowest BCUT2D eigenvalue weighted by Crippen LogP contribution is -1.92. The molecule has 1 N–H and O–H groups in total. The number of nitrogens with zero attached hydrogens (tertiary/aromatic N) is 2. The first-order valence-corrected chi connectivity index (χ1v) is 5.18. The Morgan fingerprint density at radius 1 is 1.19 bits per heavy atom. The van der Waals surface area contributed by atoms with Crippen LogP contribution in [0.1, 0.15) is 12.8 Å². The van der Waals surface area contributed by atoms with Gasteiger partial charge in [-0.25, -0.2) is 0 Å². The second-order valence-corrected chi connectivity index (χ2v) is 3.78. The Labute approximate surface area is 97.3 Å². The third kappa shape index (κ3) is 2.12. The van der Waals surface area contributed by atoms with Gasteiger partial charge >= 0.3 is 0 Å². The molecule has 0 heterocycles. The lowest BCUT2D eigenvalue weighted by atomic mass is 10.3. The van der Waals surface area contributed by atoms with Crippen molar-refractivity contribution in [2.45, 2.75) is 12.8 Å². The number of allylic oxidation sites excluding steroid dienone is 2. The van der Waals surface area contributed by atoms with Crippen molar-refractivity contribution in [1.82, 2.24) is 0 Å². The Morgan fingerprint density at radius 2 is 1.94 bits per heavy atom. The Morgan fingerprint density at radius 3 is 2.56 bits per heavy atom. The van der Waals surface area contributed by atoms with Gasteiger partial charge in [0.05, 0.1) is 5.02 Å².